The van der Waals surface area contributed by atoms with Crippen LogP contribution in [0.2, 0.25) is 0 Å². The molecule has 0 atom stereocenters. The van der Waals surface area contributed by atoms with Gasteiger partial charge in [-0.3, -0.25) is 4.57 Å². The van der Waals surface area contributed by atoms with Crippen LogP contribution < -0.4 is 4.74 Å². The monoisotopic (exact) mass is 429 g/mol. The van der Waals surface area contributed by atoms with E-state index < -0.39 is 5.97 Å². The lowest BCUT2D eigenvalue weighted by Gasteiger charge is -2.11. The summed E-state index contributed by atoms with van der Waals surface area (Å²) in [7, 11) is 0. The van der Waals surface area contributed by atoms with Gasteiger partial charge in [0.2, 0.25) is 0 Å². The predicted molar refractivity (Wildman–Crippen MR) is 118 cm³/mol. The molecule has 0 unspecified atom stereocenters. The number of imidazole rings is 1. The van der Waals surface area contributed by atoms with Gasteiger partial charge in [-0.25, -0.2) is 9.78 Å². The first-order chi connectivity index (χ1) is 15.5. The van der Waals surface area contributed by atoms with E-state index in [0.717, 1.165) is 34.1 Å². The molecule has 0 saturated heterocycles. The average molecular weight is 429 g/mol. The number of nitrogens with zero attached hydrogens (tertiary/aromatic N) is 5. The van der Waals surface area contributed by atoms with Crippen LogP contribution in [0.3, 0.4) is 0 Å². The van der Waals surface area contributed by atoms with Gasteiger partial charge in [-0.05, 0) is 45.0 Å². The molecular formula is C24H23N5O3. The maximum absolute atomic E-state index is 12.7. The van der Waals surface area contributed by atoms with E-state index in [2.05, 4.69) is 21.2 Å². The molecule has 0 aliphatic carbocycles. The zero-order valence-electron chi connectivity index (χ0n) is 18.1. The van der Waals surface area contributed by atoms with Crippen molar-refractivity contribution in [2.75, 3.05) is 0 Å². The standard InChI is InChI=1S/C24H23N5O3/c1-15(2)32-24(30)22-20-12-28-21(13-31-17-7-5-4-6-8-17)26-27-23(28)18-11-16(3)9-10-19(18)29(20)14-25-22/h4-11,14-15H,12-13H2,1-3H3. The average Bonchev–Trinajstić information content (AvgIpc) is 3.34. The predicted octanol–water partition coefficient (Wildman–Crippen LogP) is 3.95. The van der Waals surface area contributed by atoms with Crippen molar-refractivity contribution in [3.8, 4) is 22.8 Å². The third-order valence-electron chi connectivity index (χ3n) is 5.30. The Morgan fingerprint density at radius 2 is 1.94 bits per heavy atom. The molecule has 2 aromatic heterocycles. The number of aryl methyl sites for hydroxylation is 1. The summed E-state index contributed by atoms with van der Waals surface area (Å²) in [4.78, 5) is 17.1. The van der Waals surface area contributed by atoms with Crippen LogP contribution in [0.15, 0.2) is 54.9 Å². The number of hydrogen-bond acceptors (Lipinski definition) is 6. The highest BCUT2D eigenvalue weighted by Gasteiger charge is 2.29. The van der Waals surface area contributed by atoms with Crippen molar-refractivity contribution in [3.05, 3.63) is 77.6 Å². The number of ether oxygens (including phenoxy) is 2. The topological polar surface area (TPSA) is 84.1 Å². The second kappa shape index (κ2) is 7.96. The summed E-state index contributed by atoms with van der Waals surface area (Å²) in [5.41, 5.74) is 3.93. The Bertz CT molecular complexity index is 1290. The molecule has 162 valence electrons. The minimum atomic E-state index is -0.443. The molecule has 0 radical (unpaired) electrons. The number of esters is 1. The van der Waals surface area contributed by atoms with E-state index in [1.807, 2.05) is 72.4 Å². The number of carbonyl (C=O) groups excluding carboxylic acids is 1. The summed E-state index contributed by atoms with van der Waals surface area (Å²) in [5, 5.41) is 8.89. The zero-order chi connectivity index (χ0) is 22.2. The highest BCUT2D eigenvalue weighted by molar-refractivity contribution is 5.89. The Morgan fingerprint density at radius 1 is 1.12 bits per heavy atom. The molecule has 0 bridgehead atoms. The molecule has 1 aliphatic heterocycles. The van der Waals surface area contributed by atoms with Crippen LogP contribution in [0.4, 0.5) is 0 Å². The first-order valence-electron chi connectivity index (χ1n) is 10.5. The maximum Gasteiger partial charge on any atom is 0.359 e. The number of fused-ring (bicyclic) bond motifs is 5. The third-order valence-corrected chi connectivity index (χ3v) is 5.30. The highest BCUT2D eigenvalue weighted by Crippen LogP contribution is 2.33. The van der Waals surface area contributed by atoms with Crippen LogP contribution in [0.25, 0.3) is 17.1 Å². The van der Waals surface area contributed by atoms with Crippen molar-refractivity contribution in [2.45, 2.75) is 40.0 Å². The summed E-state index contributed by atoms with van der Waals surface area (Å²) in [6.45, 7) is 6.29. The lowest BCUT2D eigenvalue weighted by molar-refractivity contribution is 0.0370. The van der Waals surface area contributed by atoms with E-state index in [1.165, 1.54) is 0 Å². The number of rotatable bonds is 5. The van der Waals surface area contributed by atoms with Gasteiger partial charge in [-0.1, -0.05) is 29.8 Å². The van der Waals surface area contributed by atoms with Crippen molar-refractivity contribution in [1.82, 2.24) is 24.3 Å². The van der Waals surface area contributed by atoms with Crippen LogP contribution in [-0.4, -0.2) is 36.4 Å². The second-order valence-corrected chi connectivity index (χ2v) is 8.01. The van der Waals surface area contributed by atoms with Crippen LogP contribution in [0.1, 0.15) is 41.4 Å². The molecule has 0 amide bonds. The first-order valence-corrected chi connectivity index (χ1v) is 10.5. The fourth-order valence-electron chi connectivity index (χ4n) is 3.83. The van der Waals surface area contributed by atoms with Crippen molar-refractivity contribution in [2.24, 2.45) is 0 Å². The molecule has 1 aliphatic rings. The Labute approximate surface area is 185 Å². The Balaban J connectivity index is 1.60. The van der Waals surface area contributed by atoms with Gasteiger partial charge in [-0.2, -0.15) is 0 Å². The Morgan fingerprint density at radius 3 is 2.72 bits per heavy atom. The lowest BCUT2D eigenvalue weighted by atomic mass is 10.1. The summed E-state index contributed by atoms with van der Waals surface area (Å²) in [5.74, 6) is 1.69. The van der Waals surface area contributed by atoms with Crippen molar-refractivity contribution >= 4 is 5.97 Å². The SMILES string of the molecule is Cc1ccc2c(c1)-c1nnc(COc3ccccc3)n1Cc1c(C(=O)OC(C)C)ncn1-2. The first kappa shape index (κ1) is 20.0. The van der Waals surface area contributed by atoms with E-state index in [4.69, 9.17) is 9.47 Å². The van der Waals surface area contributed by atoms with Gasteiger partial charge in [-0.15, -0.1) is 10.2 Å². The smallest absolute Gasteiger partial charge is 0.359 e. The van der Waals surface area contributed by atoms with E-state index in [0.29, 0.717) is 18.1 Å². The summed E-state index contributed by atoms with van der Waals surface area (Å²) < 4.78 is 15.3. The van der Waals surface area contributed by atoms with E-state index >= 15 is 0 Å². The molecule has 8 heteroatoms. The van der Waals surface area contributed by atoms with Gasteiger partial charge in [0, 0.05) is 5.56 Å². The minimum absolute atomic E-state index is 0.235. The number of para-hydroxylation sites is 1. The number of aromatic nitrogens is 5. The van der Waals surface area contributed by atoms with E-state index in [9.17, 15) is 4.79 Å². The molecule has 0 saturated carbocycles. The molecule has 2 aromatic carbocycles. The molecule has 32 heavy (non-hydrogen) atoms. The maximum atomic E-state index is 12.7. The van der Waals surface area contributed by atoms with Crippen LogP contribution in [0.5, 0.6) is 5.75 Å². The molecule has 5 rings (SSSR count). The summed E-state index contributed by atoms with van der Waals surface area (Å²) in [6.07, 6.45) is 1.43. The quantitative estimate of drug-likeness (QED) is 0.394. The van der Waals surface area contributed by atoms with Crippen LogP contribution >= 0.6 is 0 Å². The lowest BCUT2D eigenvalue weighted by Crippen LogP contribution is -2.17. The number of carbonyl (C=O) groups is 1. The van der Waals surface area contributed by atoms with Crippen LogP contribution in [-0.2, 0) is 17.9 Å². The molecule has 0 fully saturated rings. The van der Waals surface area contributed by atoms with Gasteiger partial charge >= 0.3 is 5.97 Å². The normalized spacial score (nSPS) is 12.0. The number of benzene rings is 2. The summed E-state index contributed by atoms with van der Waals surface area (Å²) in [6, 6.07) is 15.7. The van der Waals surface area contributed by atoms with Gasteiger partial charge in [0.25, 0.3) is 0 Å². The minimum Gasteiger partial charge on any atom is -0.486 e. The molecule has 8 nitrogen and oxygen atoms in total. The zero-order valence-corrected chi connectivity index (χ0v) is 18.1. The molecular weight excluding hydrogens is 406 g/mol. The fraction of sp³-hybridized carbons (Fsp3) is 0.250. The largest absolute Gasteiger partial charge is 0.486 e. The fourth-order valence-corrected chi connectivity index (χ4v) is 3.83. The Hall–Kier alpha value is -3.94. The Kier molecular flexibility index (Phi) is 4.97. The molecule has 0 N–H and O–H groups in total. The van der Waals surface area contributed by atoms with Crippen LogP contribution in [0, 0.1) is 6.92 Å². The molecule has 4 aromatic rings. The second-order valence-electron chi connectivity index (χ2n) is 8.01. The molecule has 0 spiro atoms. The van der Waals surface area contributed by atoms with Gasteiger partial charge in [0.15, 0.2) is 17.3 Å². The van der Waals surface area contributed by atoms with Gasteiger partial charge < -0.3 is 14.0 Å². The van der Waals surface area contributed by atoms with Crippen molar-refractivity contribution in [1.29, 1.82) is 0 Å². The van der Waals surface area contributed by atoms with Crippen molar-refractivity contribution < 1.29 is 14.3 Å². The summed E-state index contributed by atoms with van der Waals surface area (Å²) >= 11 is 0. The van der Waals surface area contributed by atoms with Gasteiger partial charge in [0.1, 0.15) is 18.7 Å². The highest BCUT2D eigenvalue weighted by atomic mass is 16.5. The van der Waals surface area contributed by atoms with E-state index in [-0.39, 0.29) is 12.7 Å². The van der Waals surface area contributed by atoms with Crippen molar-refractivity contribution in [3.63, 3.8) is 0 Å². The third kappa shape index (κ3) is 3.53. The van der Waals surface area contributed by atoms with E-state index in [1.54, 1.807) is 6.33 Å². The molecule has 3 heterocycles. The van der Waals surface area contributed by atoms with Gasteiger partial charge in [0.05, 0.1) is 24.0 Å². The number of hydrogen-bond donors (Lipinski definition) is 0.